The van der Waals surface area contributed by atoms with Crippen LogP contribution in [-0.2, 0) is 10.3 Å². The number of nitrogens with zero attached hydrogens (tertiary/aromatic N) is 4. The van der Waals surface area contributed by atoms with Gasteiger partial charge in [0.15, 0.2) is 11.4 Å². The van der Waals surface area contributed by atoms with Crippen LogP contribution >= 0.6 is 0 Å². The van der Waals surface area contributed by atoms with Gasteiger partial charge in [-0.05, 0) is 47.5 Å². The molecule has 1 heterocycles. The van der Waals surface area contributed by atoms with Gasteiger partial charge >= 0.3 is 5.97 Å². The first-order valence-electron chi connectivity index (χ1n) is 6.75. The number of hydrogen-bond donors (Lipinski definition) is 1. The second-order valence-corrected chi connectivity index (χ2v) is 4.69. The Hall–Kier alpha value is -2.44. The number of hydrogen-bond acceptors (Lipinski definition) is 5. The minimum absolute atomic E-state index is 0.396. The highest BCUT2D eigenvalue weighted by Gasteiger charge is 2.40. The van der Waals surface area contributed by atoms with Gasteiger partial charge in [0.05, 0.1) is 7.11 Å². The number of carbonyl (C=O) groups is 1. The van der Waals surface area contributed by atoms with Crippen molar-refractivity contribution in [2.75, 3.05) is 7.11 Å². The Morgan fingerprint density at radius 2 is 1.90 bits per heavy atom. The SMILES string of the molecule is CCC(CC)(C(=O)O)n1nnnc1-c1ccc(OC)cc1. The van der Waals surface area contributed by atoms with Gasteiger partial charge in [0.25, 0.3) is 0 Å². The molecule has 0 unspecified atom stereocenters. The molecule has 0 amide bonds. The first-order chi connectivity index (χ1) is 10.1. The van der Waals surface area contributed by atoms with Crippen LogP contribution in [-0.4, -0.2) is 38.4 Å². The molecule has 112 valence electrons. The zero-order valence-electron chi connectivity index (χ0n) is 12.3. The first kappa shape index (κ1) is 15.0. The lowest BCUT2D eigenvalue weighted by Crippen LogP contribution is -2.42. The third-order valence-electron chi connectivity index (χ3n) is 3.79. The maximum Gasteiger partial charge on any atom is 0.331 e. The van der Waals surface area contributed by atoms with E-state index >= 15 is 0 Å². The van der Waals surface area contributed by atoms with Gasteiger partial charge in [0, 0.05) is 5.56 Å². The van der Waals surface area contributed by atoms with Crippen LogP contribution in [0.3, 0.4) is 0 Å². The highest BCUT2D eigenvalue weighted by Crippen LogP contribution is 2.30. The molecule has 0 spiro atoms. The molecule has 2 rings (SSSR count). The smallest absolute Gasteiger partial charge is 0.331 e. The minimum atomic E-state index is -1.14. The predicted molar refractivity (Wildman–Crippen MR) is 76.0 cm³/mol. The average molecular weight is 290 g/mol. The number of rotatable bonds is 6. The van der Waals surface area contributed by atoms with Crippen molar-refractivity contribution in [3.05, 3.63) is 24.3 Å². The van der Waals surface area contributed by atoms with Crippen molar-refractivity contribution in [3.8, 4) is 17.1 Å². The number of carboxylic acids is 1. The van der Waals surface area contributed by atoms with Crippen molar-refractivity contribution in [1.82, 2.24) is 20.2 Å². The molecular formula is C14H18N4O3. The van der Waals surface area contributed by atoms with Gasteiger partial charge in [-0.15, -0.1) is 5.10 Å². The number of aromatic nitrogens is 4. The summed E-state index contributed by atoms with van der Waals surface area (Å²) in [7, 11) is 1.59. The molecule has 2 aromatic rings. The summed E-state index contributed by atoms with van der Waals surface area (Å²) in [4.78, 5) is 11.7. The standard InChI is InChI=1S/C14H18N4O3/c1-4-14(5-2,13(19)20)18-12(15-16-17-18)10-6-8-11(21-3)9-7-10/h6-9H,4-5H2,1-3H3,(H,19,20). The molecule has 21 heavy (non-hydrogen) atoms. The van der Waals surface area contributed by atoms with Crippen molar-refractivity contribution in [2.45, 2.75) is 32.2 Å². The summed E-state index contributed by atoms with van der Waals surface area (Å²) in [5.41, 5.74) is -0.396. The van der Waals surface area contributed by atoms with Gasteiger partial charge < -0.3 is 9.84 Å². The van der Waals surface area contributed by atoms with Crippen LogP contribution in [0.25, 0.3) is 11.4 Å². The number of aliphatic carboxylic acids is 1. The van der Waals surface area contributed by atoms with Crippen molar-refractivity contribution in [1.29, 1.82) is 0 Å². The summed E-state index contributed by atoms with van der Waals surface area (Å²) in [6.45, 7) is 3.63. The fraction of sp³-hybridized carbons (Fsp3) is 0.429. The summed E-state index contributed by atoms with van der Waals surface area (Å²) < 4.78 is 6.51. The Labute approximate surface area is 122 Å². The lowest BCUT2D eigenvalue weighted by Gasteiger charge is -2.27. The third kappa shape index (κ3) is 2.46. The molecule has 0 aliphatic carbocycles. The summed E-state index contributed by atoms with van der Waals surface area (Å²) >= 11 is 0. The normalized spacial score (nSPS) is 11.4. The number of carboxylic acid groups (broad SMARTS) is 1. The lowest BCUT2D eigenvalue weighted by molar-refractivity contribution is -0.148. The molecule has 0 aliphatic rings. The molecule has 0 saturated heterocycles. The molecule has 7 heteroatoms. The monoisotopic (exact) mass is 290 g/mol. The highest BCUT2D eigenvalue weighted by atomic mass is 16.5. The van der Waals surface area contributed by atoms with E-state index < -0.39 is 11.5 Å². The van der Waals surface area contributed by atoms with Crippen LogP contribution in [0, 0.1) is 0 Å². The van der Waals surface area contributed by atoms with Crippen molar-refractivity contribution in [2.24, 2.45) is 0 Å². The van der Waals surface area contributed by atoms with Crippen LogP contribution in [0.4, 0.5) is 0 Å². The van der Waals surface area contributed by atoms with Crippen LogP contribution in [0.5, 0.6) is 5.75 Å². The predicted octanol–water partition coefficient (Wildman–Crippen LogP) is 1.95. The molecule has 0 fully saturated rings. The molecule has 1 aromatic heterocycles. The van der Waals surface area contributed by atoms with Gasteiger partial charge in [0.2, 0.25) is 0 Å². The van der Waals surface area contributed by atoms with E-state index in [1.807, 2.05) is 13.8 Å². The number of benzene rings is 1. The summed E-state index contributed by atoms with van der Waals surface area (Å²) in [5.74, 6) is 0.214. The maximum atomic E-state index is 11.7. The van der Waals surface area contributed by atoms with Crippen molar-refractivity contribution >= 4 is 5.97 Å². The van der Waals surface area contributed by atoms with E-state index in [9.17, 15) is 9.90 Å². The minimum Gasteiger partial charge on any atom is -0.497 e. The van der Waals surface area contributed by atoms with E-state index in [1.54, 1.807) is 31.4 Å². The summed E-state index contributed by atoms with van der Waals surface area (Å²) in [6.07, 6.45) is 0.792. The average Bonchev–Trinajstić information content (AvgIpc) is 2.99. The third-order valence-corrected chi connectivity index (χ3v) is 3.79. The molecular weight excluding hydrogens is 272 g/mol. The second kappa shape index (κ2) is 5.90. The molecule has 1 N–H and O–H groups in total. The fourth-order valence-corrected chi connectivity index (χ4v) is 2.34. The first-order valence-corrected chi connectivity index (χ1v) is 6.75. The van der Waals surface area contributed by atoms with Gasteiger partial charge in [-0.2, -0.15) is 0 Å². The fourth-order valence-electron chi connectivity index (χ4n) is 2.34. The largest absolute Gasteiger partial charge is 0.497 e. The van der Waals surface area contributed by atoms with Crippen LogP contribution < -0.4 is 4.74 Å². The van der Waals surface area contributed by atoms with E-state index in [0.717, 1.165) is 5.56 Å². The van der Waals surface area contributed by atoms with Crippen LogP contribution in [0.15, 0.2) is 24.3 Å². The van der Waals surface area contributed by atoms with Crippen LogP contribution in [0.2, 0.25) is 0 Å². The Balaban J connectivity index is 2.53. The molecule has 0 bridgehead atoms. The van der Waals surface area contributed by atoms with Gasteiger partial charge in [-0.3, -0.25) is 0 Å². The van der Waals surface area contributed by atoms with Crippen molar-refractivity contribution in [3.63, 3.8) is 0 Å². The van der Waals surface area contributed by atoms with Crippen molar-refractivity contribution < 1.29 is 14.6 Å². The second-order valence-electron chi connectivity index (χ2n) is 4.69. The Bertz CT molecular complexity index is 617. The summed E-state index contributed by atoms with van der Waals surface area (Å²) in [6, 6.07) is 7.18. The van der Waals surface area contributed by atoms with E-state index in [2.05, 4.69) is 15.5 Å². The number of methoxy groups -OCH3 is 1. The molecule has 7 nitrogen and oxygen atoms in total. The summed E-state index contributed by atoms with van der Waals surface area (Å²) in [5, 5.41) is 21.2. The molecule has 0 aliphatic heterocycles. The molecule has 0 radical (unpaired) electrons. The van der Waals surface area contributed by atoms with E-state index in [0.29, 0.717) is 24.4 Å². The molecule has 0 atom stereocenters. The van der Waals surface area contributed by atoms with Gasteiger partial charge in [0.1, 0.15) is 5.75 Å². The molecule has 1 aromatic carbocycles. The van der Waals surface area contributed by atoms with Gasteiger partial charge in [-0.1, -0.05) is 13.8 Å². The quantitative estimate of drug-likeness (QED) is 0.874. The highest BCUT2D eigenvalue weighted by molar-refractivity contribution is 5.77. The van der Waals surface area contributed by atoms with E-state index in [-0.39, 0.29) is 0 Å². The Kier molecular flexibility index (Phi) is 4.21. The Morgan fingerprint density at radius 3 is 2.38 bits per heavy atom. The Morgan fingerprint density at radius 1 is 1.29 bits per heavy atom. The van der Waals surface area contributed by atoms with E-state index in [1.165, 1.54) is 4.68 Å². The van der Waals surface area contributed by atoms with Crippen LogP contribution in [0.1, 0.15) is 26.7 Å². The van der Waals surface area contributed by atoms with Gasteiger partial charge in [-0.25, -0.2) is 9.48 Å². The maximum absolute atomic E-state index is 11.7. The number of tetrazole rings is 1. The lowest BCUT2D eigenvalue weighted by atomic mass is 9.92. The zero-order valence-corrected chi connectivity index (χ0v) is 12.3. The topological polar surface area (TPSA) is 90.1 Å². The molecule has 0 saturated carbocycles. The zero-order chi connectivity index (χ0) is 15.5. The van der Waals surface area contributed by atoms with E-state index in [4.69, 9.17) is 4.74 Å². The number of ether oxygens (including phenoxy) is 1.